The van der Waals surface area contributed by atoms with Gasteiger partial charge in [-0.2, -0.15) is 0 Å². The average Bonchev–Trinajstić information content (AvgIpc) is 2.11. The highest BCUT2D eigenvalue weighted by atomic mass is 79.9. The van der Waals surface area contributed by atoms with Gasteiger partial charge in [0.2, 0.25) is 0 Å². The van der Waals surface area contributed by atoms with E-state index in [1.807, 2.05) is 0 Å². The summed E-state index contributed by atoms with van der Waals surface area (Å²) >= 11 is 2.98. The first kappa shape index (κ1) is 12.1. The summed E-state index contributed by atoms with van der Waals surface area (Å²) in [6, 6.07) is 0. The Morgan fingerprint density at radius 3 is 2.53 bits per heavy atom. The van der Waals surface area contributed by atoms with E-state index < -0.39 is 12.1 Å². The van der Waals surface area contributed by atoms with Gasteiger partial charge >= 0.3 is 6.36 Å². The number of hydrogen-bond acceptors (Lipinski definition) is 4. The Morgan fingerprint density at radius 1 is 1.47 bits per heavy atom. The maximum Gasteiger partial charge on any atom is 0.573 e. The molecule has 4 nitrogen and oxygen atoms in total. The molecule has 15 heavy (non-hydrogen) atoms. The number of nitrogens with zero attached hydrogens (tertiary/aromatic N) is 1. The number of halogens is 4. The van der Waals surface area contributed by atoms with Crippen LogP contribution in [-0.2, 0) is 6.54 Å². The van der Waals surface area contributed by atoms with Crippen molar-refractivity contribution in [3.63, 3.8) is 0 Å². The molecule has 1 heterocycles. The average molecular weight is 286 g/mol. The number of anilines is 1. The van der Waals surface area contributed by atoms with Gasteiger partial charge in [0, 0.05) is 6.54 Å². The molecule has 0 bridgehead atoms. The van der Waals surface area contributed by atoms with Crippen LogP contribution in [0.2, 0.25) is 0 Å². The van der Waals surface area contributed by atoms with Crippen molar-refractivity contribution in [1.29, 1.82) is 0 Å². The van der Waals surface area contributed by atoms with Gasteiger partial charge in [-0.15, -0.1) is 13.2 Å². The quantitative estimate of drug-likeness (QED) is 0.869. The van der Waals surface area contributed by atoms with Gasteiger partial charge in [-0.1, -0.05) is 0 Å². The lowest BCUT2D eigenvalue weighted by atomic mass is 10.3. The molecule has 0 spiro atoms. The van der Waals surface area contributed by atoms with E-state index in [9.17, 15) is 13.2 Å². The van der Waals surface area contributed by atoms with Gasteiger partial charge in [0.1, 0.15) is 0 Å². The molecule has 0 atom stereocenters. The van der Waals surface area contributed by atoms with Crippen molar-refractivity contribution in [1.82, 2.24) is 4.98 Å². The predicted molar refractivity (Wildman–Crippen MR) is 50.9 cm³/mol. The van der Waals surface area contributed by atoms with Crippen molar-refractivity contribution in [2.45, 2.75) is 12.9 Å². The van der Waals surface area contributed by atoms with Crippen molar-refractivity contribution in [2.75, 3.05) is 5.73 Å². The Morgan fingerprint density at radius 2 is 2.07 bits per heavy atom. The minimum absolute atomic E-state index is 0.0665. The fourth-order valence-electron chi connectivity index (χ4n) is 0.875. The van der Waals surface area contributed by atoms with Gasteiger partial charge in [0.25, 0.3) is 0 Å². The lowest BCUT2D eigenvalue weighted by Gasteiger charge is -2.12. The molecule has 8 heteroatoms. The summed E-state index contributed by atoms with van der Waals surface area (Å²) in [6.07, 6.45) is -3.91. The van der Waals surface area contributed by atoms with Gasteiger partial charge in [-0.3, -0.25) is 4.98 Å². The molecule has 0 unspecified atom stereocenters. The van der Waals surface area contributed by atoms with Crippen molar-refractivity contribution < 1.29 is 17.9 Å². The van der Waals surface area contributed by atoms with Crippen LogP contribution in [0.4, 0.5) is 18.9 Å². The number of hydrogen-bond donors (Lipinski definition) is 2. The number of rotatable bonds is 2. The number of ether oxygens (including phenoxy) is 1. The third-order valence-electron chi connectivity index (χ3n) is 1.51. The highest BCUT2D eigenvalue weighted by Gasteiger charge is 2.32. The van der Waals surface area contributed by atoms with Crippen molar-refractivity contribution >= 4 is 21.6 Å². The summed E-state index contributed by atoms with van der Waals surface area (Å²) in [7, 11) is 0. The number of aromatic nitrogens is 1. The Kier molecular flexibility index (Phi) is 3.40. The standard InChI is InChI=1S/C7H7BrF3N3O/c8-5-3(1-12)14-2-4(6(5)13)15-7(9,10)11/h2H,1,12H2,(H2,13,14). The van der Waals surface area contributed by atoms with Gasteiger partial charge in [0.05, 0.1) is 22.1 Å². The molecule has 0 aliphatic rings. The Hall–Kier alpha value is -1.02. The van der Waals surface area contributed by atoms with Gasteiger partial charge < -0.3 is 16.2 Å². The molecule has 84 valence electrons. The van der Waals surface area contributed by atoms with E-state index in [1.54, 1.807) is 0 Å². The largest absolute Gasteiger partial charge is 0.573 e. The Labute approximate surface area is 91.5 Å². The zero-order chi connectivity index (χ0) is 11.6. The monoisotopic (exact) mass is 285 g/mol. The normalized spacial score (nSPS) is 11.5. The lowest BCUT2D eigenvalue weighted by molar-refractivity contribution is -0.274. The van der Waals surface area contributed by atoms with Crippen molar-refractivity contribution in [3.05, 3.63) is 16.4 Å². The second-order valence-corrected chi connectivity index (χ2v) is 3.34. The minimum atomic E-state index is -4.79. The molecule has 1 aromatic heterocycles. The summed E-state index contributed by atoms with van der Waals surface area (Å²) in [4.78, 5) is 3.66. The molecule has 0 aliphatic heterocycles. The van der Waals surface area contributed by atoms with Gasteiger partial charge in [-0.05, 0) is 15.9 Å². The van der Waals surface area contributed by atoms with E-state index in [1.165, 1.54) is 0 Å². The van der Waals surface area contributed by atoms with Gasteiger partial charge in [-0.25, -0.2) is 0 Å². The molecule has 0 aliphatic carbocycles. The van der Waals surface area contributed by atoms with Crippen LogP contribution in [0.25, 0.3) is 0 Å². The molecule has 0 saturated heterocycles. The summed E-state index contributed by atoms with van der Waals surface area (Å²) < 4.78 is 39.5. The Balaban J connectivity index is 3.07. The summed E-state index contributed by atoms with van der Waals surface area (Å²) in [6.45, 7) is 0.0665. The SMILES string of the molecule is NCc1ncc(OC(F)(F)F)c(N)c1Br. The van der Waals surface area contributed by atoms with Crippen molar-refractivity contribution in [2.24, 2.45) is 5.73 Å². The summed E-state index contributed by atoms with van der Waals surface area (Å²) in [5.41, 5.74) is 10.9. The molecule has 0 amide bonds. The molecule has 1 aromatic rings. The third-order valence-corrected chi connectivity index (χ3v) is 2.40. The maximum atomic E-state index is 11.9. The van der Waals surface area contributed by atoms with Gasteiger partial charge in [0.15, 0.2) is 5.75 Å². The van der Waals surface area contributed by atoms with E-state index in [0.29, 0.717) is 5.69 Å². The molecule has 0 fully saturated rings. The topological polar surface area (TPSA) is 74.2 Å². The van der Waals surface area contributed by atoms with Crippen LogP contribution < -0.4 is 16.2 Å². The van der Waals surface area contributed by atoms with Crippen LogP contribution in [0.15, 0.2) is 10.7 Å². The highest BCUT2D eigenvalue weighted by Crippen LogP contribution is 2.34. The first-order valence-electron chi connectivity index (χ1n) is 3.74. The predicted octanol–water partition coefficient (Wildman–Crippen LogP) is 1.78. The zero-order valence-corrected chi connectivity index (χ0v) is 8.89. The molecular formula is C7H7BrF3N3O. The number of nitrogen functional groups attached to an aromatic ring is 1. The van der Waals surface area contributed by atoms with E-state index in [4.69, 9.17) is 11.5 Å². The second-order valence-electron chi connectivity index (χ2n) is 2.55. The minimum Gasteiger partial charge on any atom is -0.402 e. The second kappa shape index (κ2) is 4.23. The van der Waals surface area contributed by atoms with E-state index in [2.05, 4.69) is 25.7 Å². The third kappa shape index (κ3) is 2.96. The smallest absolute Gasteiger partial charge is 0.402 e. The molecule has 0 radical (unpaired) electrons. The summed E-state index contributed by atoms with van der Waals surface area (Å²) in [5, 5.41) is 0. The Bertz CT molecular complexity index is 369. The first-order valence-corrected chi connectivity index (χ1v) is 4.53. The maximum absolute atomic E-state index is 11.9. The van der Waals surface area contributed by atoms with E-state index >= 15 is 0 Å². The van der Waals surface area contributed by atoms with Crippen LogP contribution in [0.5, 0.6) is 5.75 Å². The van der Waals surface area contributed by atoms with Crippen molar-refractivity contribution in [3.8, 4) is 5.75 Å². The fourth-order valence-corrected chi connectivity index (χ4v) is 1.33. The fraction of sp³-hybridized carbons (Fsp3) is 0.286. The van der Waals surface area contributed by atoms with Crippen LogP contribution in [0.3, 0.4) is 0 Å². The van der Waals surface area contributed by atoms with Crippen LogP contribution >= 0.6 is 15.9 Å². The zero-order valence-electron chi connectivity index (χ0n) is 7.31. The lowest BCUT2D eigenvalue weighted by Crippen LogP contribution is -2.18. The number of nitrogens with two attached hydrogens (primary N) is 2. The molecule has 0 saturated carbocycles. The van der Waals surface area contributed by atoms with E-state index in [0.717, 1.165) is 6.20 Å². The first-order chi connectivity index (χ1) is 6.85. The van der Waals surface area contributed by atoms with E-state index in [-0.39, 0.29) is 16.7 Å². The molecule has 4 N–H and O–H groups in total. The van der Waals surface area contributed by atoms with Crippen LogP contribution in [0.1, 0.15) is 5.69 Å². The van der Waals surface area contributed by atoms with Crippen LogP contribution in [0, 0.1) is 0 Å². The molecular weight excluding hydrogens is 279 g/mol. The number of alkyl halides is 3. The number of pyridine rings is 1. The molecule has 0 aromatic carbocycles. The highest BCUT2D eigenvalue weighted by molar-refractivity contribution is 9.10. The summed E-state index contributed by atoms with van der Waals surface area (Å²) in [5.74, 6) is -0.549. The molecule has 1 rings (SSSR count). The van der Waals surface area contributed by atoms with Crippen LogP contribution in [-0.4, -0.2) is 11.3 Å².